The molecule has 0 saturated carbocycles. The number of nitrogens with zero attached hydrogens (tertiary/aromatic N) is 1. The molecule has 0 bridgehead atoms. The summed E-state index contributed by atoms with van der Waals surface area (Å²) >= 11 is 1.72. The Bertz CT molecular complexity index is 213. The molecule has 1 aromatic heterocycles. The van der Waals surface area contributed by atoms with Crippen LogP contribution in [-0.2, 0) is 0 Å². The standard InChI is InChI=1S/C8H14N2S.H2/c1-3-4-5-9-8-10-6-7(2)11-8;/h6H,3-5H2,1-2H3,(H,9,10);1H. The molecule has 1 rings (SSSR count). The van der Waals surface area contributed by atoms with E-state index in [9.17, 15) is 0 Å². The van der Waals surface area contributed by atoms with E-state index in [1.54, 1.807) is 11.3 Å². The van der Waals surface area contributed by atoms with Crippen LogP contribution in [0.1, 0.15) is 26.1 Å². The van der Waals surface area contributed by atoms with Gasteiger partial charge in [-0.1, -0.05) is 13.3 Å². The van der Waals surface area contributed by atoms with Gasteiger partial charge >= 0.3 is 0 Å². The van der Waals surface area contributed by atoms with Crippen LogP contribution in [0.15, 0.2) is 6.20 Å². The molecule has 11 heavy (non-hydrogen) atoms. The van der Waals surface area contributed by atoms with Gasteiger partial charge in [0.1, 0.15) is 0 Å². The lowest BCUT2D eigenvalue weighted by molar-refractivity contribution is 0.833. The first-order valence-electron chi connectivity index (χ1n) is 3.99. The average Bonchev–Trinajstić information content (AvgIpc) is 2.37. The molecule has 0 radical (unpaired) electrons. The van der Waals surface area contributed by atoms with Crippen molar-refractivity contribution in [2.75, 3.05) is 11.9 Å². The zero-order valence-electron chi connectivity index (χ0n) is 7.05. The first-order chi connectivity index (χ1) is 5.33. The highest BCUT2D eigenvalue weighted by Crippen LogP contribution is 2.15. The fourth-order valence-corrected chi connectivity index (χ4v) is 1.50. The minimum absolute atomic E-state index is 0. The van der Waals surface area contributed by atoms with Crippen molar-refractivity contribution in [3.8, 4) is 0 Å². The number of hydrogen-bond acceptors (Lipinski definition) is 3. The van der Waals surface area contributed by atoms with Gasteiger partial charge in [-0.2, -0.15) is 0 Å². The molecule has 64 valence electrons. The number of anilines is 1. The number of thiazole rings is 1. The van der Waals surface area contributed by atoms with E-state index >= 15 is 0 Å². The Morgan fingerprint density at radius 3 is 3.09 bits per heavy atom. The lowest BCUT2D eigenvalue weighted by Crippen LogP contribution is -1.99. The lowest BCUT2D eigenvalue weighted by Gasteiger charge is -1.98. The molecule has 0 saturated heterocycles. The molecule has 0 unspecified atom stereocenters. The minimum Gasteiger partial charge on any atom is -0.362 e. The van der Waals surface area contributed by atoms with Crippen molar-refractivity contribution in [3.63, 3.8) is 0 Å². The van der Waals surface area contributed by atoms with Crippen LogP contribution in [0, 0.1) is 6.92 Å². The molecule has 3 heteroatoms. The molecule has 1 heterocycles. The average molecular weight is 172 g/mol. The molecule has 0 aliphatic carbocycles. The van der Waals surface area contributed by atoms with Crippen LogP contribution in [0.3, 0.4) is 0 Å². The second kappa shape index (κ2) is 4.34. The van der Waals surface area contributed by atoms with E-state index in [4.69, 9.17) is 0 Å². The van der Waals surface area contributed by atoms with E-state index in [0.717, 1.165) is 11.7 Å². The summed E-state index contributed by atoms with van der Waals surface area (Å²) in [7, 11) is 0. The maximum absolute atomic E-state index is 4.19. The van der Waals surface area contributed by atoms with Gasteiger partial charge in [-0.05, 0) is 13.3 Å². The summed E-state index contributed by atoms with van der Waals surface area (Å²) in [6.07, 6.45) is 4.36. The largest absolute Gasteiger partial charge is 0.362 e. The highest BCUT2D eigenvalue weighted by Gasteiger charge is 1.94. The SMILES string of the molecule is CCCCNc1ncc(C)s1.[HH]. The fraction of sp³-hybridized carbons (Fsp3) is 0.625. The van der Waals surface area contributed by atoms with Crippen molar-refractivity contribution < 1.29 is 1.43 Å². The number of hydrogen-bond donors (Lipinski definition) is 1. The fourth-order valence-electron chi connectivity index (χ4n) is 0.809. The smallest absolute Gasteiger partial charge is 0.182 e. The molecular formula is C8H16N2S. The Balaban J connectivity index is 0.00000121. The zero-order chi connectivity index (χ0) is 8.10. The van der Waals surface area contributed by atoms with E-state index in [0.29, 0.717) is 0 Å². The van der Waals surface area contributed by atoms with E-state index in [1.807, 2.05) is 6.20 Å². The summed E-state index contributed by atoms with van der Waals surface area (Å²) in [5.41, 5.74) is 0. The summed E-state index contributed by atoms with van der Waals surface area (Å²) in [6, 6.07) is 0. The van der Waals surface area contributed by atoms with E-state index < -0.39 is 0 Å². The molecule has 0 spiro atoms. The van der Waals surface area contributed by atoms with Crippen LogP contribution < -0.4 is 5.32 Å². The quantitative estimate of drug-likeness (QED) is 0.706. The predicted molar refractivity (Wildman–Crippen MR) is 52.4 cm³/mol. The van der Waals surface area contributed by atoms with E-state index in [-0.39, 0.29) is 1.43 Å². The Labute approximate surface area is 73.2 Å². The molecule has 0 amide bonds. The molecule has 0 aliphatic heterocycles. The van der Waals surface area contributed by atoms with Gasteiger partial charge in [-0.15, -0.1) is 11.3 Å². The van der Waals surface area contributed by atoms with Crippen LogP contribution >= 0.6 is 11.3 Å². The highest BCUT2D eigenvalue weighted by molar-refractivity contribution is 7.15. The van der Waals surface area contributed by atoms with Crippen molar-refractivity contribution in [2.45, 2.75) is 26.7 Å². The molecule has 2 nitrogen and oxygen atoms in total. The summed E-state index contributed by atoms with van der Waals surface area (Å²) in [5, 5.41) is 4.33. The molecule has 0 fully saturated rings. The van der Waals surface area contributed by atoms with E-state index in [1.165, 1.54) is 17.7 Å². The topological polar surface area (TPSA) is 24.9 Å². The maximum Gasteiger partial charge on any atom is 0.182 e. The second-order valence-electron chi connectivity index (χ2n) is 2.56. The van der Waals surface area contributed by atoms with Crippen LogP contribution in [-0.4, -0.2) is 11.5 Å². The number of aryl methyl sites for hydroxylation is 1. The molecular weight excluding hydrogens is 156 g/mol. The predicted octanol–water partition coefficient (Wildman–Crippen LogP) is 2.91. The Morgan fingerprint density at radius 1 is 1.73 bits per heavy atom. The number of unbranched alkanes of at least 4 members (excludes halogenated alkanes) is 1. The second-order valence-corrected chi connectivity index (χ2v) is 3.79. The van der Waals surface area contributed by atoms with Crippen LogP contribution in [0.5, 0.6) is 0 Å². The van der Waals surface area contributed by atoms with Gasteiger partial charge in [0.25, 0.3) is 0 Å². The van der Waals surface area contributed by atoms with Crippen LogP contribution in [0.4, 0.5) is 5.13 Å². The van der Waals surface area contributed by atoms with Gasteiger partial charge in [0.05, 0.1) is 0 Å². The Kier molecular flexibility index (Phi) is 3.36. The molecule has 0 aromatic carbocycles. The number of aromatic nitrogens is 1. The third-order valence-corrected chi connectivity index (χ3v) is 2.30. The normalized spacial score (nSPS) is 10.0. The van der Waals surface area contributed by atoms with Gasteiger partial charge in [-0.3, -0.25) is 0 Å². The van der Waals surface area contributed by atoms with Gasteiger partial charge in [0.15, 0.2) is 5.13 Å². The van der Waals surface area contributed by atoms with Crippen molar-refractivity contribution in [2.24, 2.45) is 0 Å². The van der Waals surface area contributed by atoms with Crippen molar-refractivity contribution in [3.05, 3.63) is 11.1 Å². The lowest BCUT2D eigenvalue weighted by atomic mass is 10.3. The molecule has 0 aliphatic rings. The summed E-state index contributed by atoms with van der Waals surface area (Å²) < 4.78 is 0. The van der Waals surface area contributed by atoms with Gasteiger partial charge in [0, 0.05) is 19.0 Å². The molecule has 1 aromatic rings. The van der Waals surface area contributed by atoms with Gasteiger partial charge < -0.3 is 5.32 Å². The number of nitrogens with one attached hydrogen (secondary N) is 1. The van der Waals surface area contributed by atoms with Crippen molar-refractivity contribution in [1.82, 2.24) is 4.98 Å². The van der Waals surface area contributed by atoms with E-state index in [2.05, 4.69) is 24.1 Å². The Morgan fingerprint density at radius 2 is 2.55 bits per heavy atom. The summed E-state index contributed by atoms with van der Waals surface area (Å²) in [6.45, 7) is 5.31. The minimum atomic E-state index is 0. The van der Waals surface area contributed by atoms with Crippen LogP contribution in [0.2, 0.25) is 0 Å². The Hall–Kier alpha value is -0.570. The molecule has 1 N–H and O–H groups in total. The van der Waals surface area contributed by atoms with Gasteiger partial charge in [0.2, 0.25) is 0 Å². The monoisotopic (exact) mass is 172 g/mol. The van der Waals surface area contributed by atoms with Crippen molar-refractivity contribution in [1.29, 1.82) is 0 Å². The third-order valence-electron chi connectivity index (χ3n) is 1.43. The van der Waals surface area contributed by atoms with Crippen molar-refractivity contribution >= 4 is 16.5 Å². The van der Waals surface area contributed by atoms with Gasteiger partial charge in [-0.25, -0.2) is 4.98 Å². The first-order valence-corrected chi connectivity index (χ1v) is 4.81. The summed E-state index contributed by atoms with van der Waals surface area (Å²) in [4.78, 5) is 5.46. The summed E-state index contributed by atoms with van der Waals surface area (Å²) in [5.74, 6) is 0. The number of rotatable bonds is 4. The maximum atomic E-state index is 4.19. The first kappa shape index (κ1) is 8.53. The third kappa shape index (κ3) is 2.89. The zero-order valence-corrected chi connectivity index (χ0v) is 7.87. The molecule has 0 atom stereocenters. The van der Waals surface area contributed by atoms with Crippen LogP contribution in [0.25, 0.3) is 0 Å². The highest BCUT2D eigenvalue weighted by atomic mass is 32.1.